The zero-order valence-corrected chi connectivity index (χ0v) is 30.5. The minimum Gasteiger partial charge on any atom is -0.493 e. The highest BCUT2D eigenvalue weighted by atomic mass is 35.5. The SMILES string of the molecule is CCOCCn1c(N2CCCN(CCC3CCN(C(=O)c4cc(OC)c(OC)c(OC)c4)CC3c3ccc(Cl)cc3)CC2)nc2ccccc21. The minimum absolute atomic E-state index is 0.0402. The number of imidazole rings is 1. The van der Waals surface area contributed by atoms with Crippen molar-refractivity contribution in [1.29, 1.82) is 0 Å². The minimum atomic E-state index is -0.0402. The van der Waals surface area contributed by atoms with Gasteiger partial charge in [-0.05, 0) is 87.2 Å². The number of hydrogen-bond acceptors (Lipinski definition) is 8. The third kappa shape index (κ3) is 7.98. The van der Waals surface area contributed by atoms with Gasteiger partial charge in [0.1, 0.15) is 0 Å². The monoisotopic (exact) mass is 703 g/mol. The standard InChI is InChI=1S/C39H50ClN5O5/c1-5-50-24-23-45-34-10-7-6-9-33(34)41-39(45)43-18-8-17-42(21-22-43)19-15-29-16-20-44(27-32(29)28-11-13-31(40)14-12-28)38(46)30-25-35(47-2)37(49-4)36(26-30)48-3/h6-7,9-14,25-26,29,32H,5,8,15-24,27H2,1-4H3. The topological polar surface area (TPSA) is 81.5 Å². The number of carbonyl (C=O) groups excluding carboxylic acids is 1. The molecule has 1 aromatic heterocycles. The normalized spacial score (nSPS) is 18.7. The summed E-state index contributed by atoms with van der Waals surface area (Å²) >= 11 is 6.31. The van der Waals surface area contributed by atoms with Gasteiger partial charge in [-0.25, -0.2) is 4.98 Å². The Balaban J connectivity index is 1.13. The number of hydrogen-bond donors (Lipinski definition) is 0. The average molecular weight is 704 g/mol. The summed E-state index contributed by atoms with van der Waals surface area (Å²) in [4.78, 5) is 26.1. The molecule has 0 saturated carbocycles. The highest BCUT2D eigenvalue weighted by Crippen LogP contribution is 2.40. The van der Waals surface area contributed by atoms with Gasteiger partial charge in [0.25, 0.3) is 5.91 Å². The first-order chi connectivity index (χ1) is 24.4. The zero-order valence-electron chi connectivity index (χ0n) is 29.8. The Morgan fingerprint density at radius 2 is 1.66 bits per heavy atom. The molecule has 50 heavy (non-hydrogen) atoms. The van der Waals surface area contributed by atoms with Crippen LogP contribution in [0.5, 0.6) is 17.2 Å². The molecule has 4 aromatic rings. The van der Waals surface area contributed by atoms with E-state index < -0.39 is 0 Å². The molecule has 0 N–H and O–H groups in total. The van der Waals surface area contributed by atoms with Crippen molar-refractivity contribution in [2.24, 2.45) is 5.92 Å². The number of aromatic nitrogens is 2. The molecule has 2 saturated heterocycles. The molecule has 10 nitrogen and oxygen atoms in total. The van der Waals surface area contributed by atoms with Crippen molar-refractivity contribution in [3.8, 4) is 17.2 Å². The Hall–Kier alpha value is -3.99. The van der Waals surface area contributed by atoms with E-state index in [9.17, 15) is 4.79 Å². The zero-order chi connectivity index (χ0) is 35.0. The van der Waals surface area contributed by atoms with Crippen LogP contribution in [-0.4, -0.2) is 106 Å². The number of rotatable bonds is 13. The van der Waals surface area contributed by atoms with E-state index in [1.807, 2.05) is 24.0 Å². The number of anilines is 1. The molecule has 268 valence electrons. The first kappa shape index (κ1) is 35.8. The molecule has 2 unspecified atom stereocenters. The third-order valence-corrected chi connectivity index (χ3v) is 10.5. The van der Waals surface area contributed by atoms with Crippen molar-refractivity contribution in [1.82, 2.24) is 19.4 Å². The molecule has 1 amide bonds. The van der Waals surface area contributed by atoms with Gasteiger partial charge in [-0.3, -0.25) is 4.79 Å². The number of halogens is 1. The molecule has 2 atom stereocenters. The fourth-order valence-corrected chi connectivity index (χ4v) is 7.70. The van der Waals surface area contributed by atoms with Gasteiger partial charge >= 0.3 is 0 Å². The molecule has 6 rings (SSSR count). The van der Waals surface area contributed by atoms with E-state index in [1.54, 1.807) is 33.5 Å². The van der Waals surface area contributed by atoms with Crippen LogP contribution >= 0.6 is 11.6 Å². The number of methoxy groups -OCH3 is 3. The van der Waals surface area contributed by atoms with E-state index in [0.29, 0.717) is 60.1 Å². The fourth-order valence-electron chi connectivity index (χ4n) is 7.57. The summed E-state index contributed by atoms with van der Waals surface area (Å²) in [7, 11) is 4.69. The van der Waals surface area contributed by atoms with Crippen LogP contribution in [0.25, 0.3) is 11.0 Å². The third-order valence-electron chi connectivity index (χ3n) is 10.2. The highest BCUT2D eigenvalue weighted by molar-refractivity contribution is 6.30. The first-order valence-corrected chi connectivity index (χ1v) is 18.2. The number of amides is 1. The molecule has 2 fully saturated rings. The van der Waals surface area contributed by atoms with Crippen LogP contribution in [0.3, 0.4) is 0 Å². The first-order valence-electron chi connectivity index (χ1n) is 17.8. The predicted molar refractivity (Wildman–Crippen MR) is 198 cm³/mol. The predicted octanol–water partition coefficient (Wildman–Crippen LogP) is 6.60. The summed E-state index contributed by atoms with van der Waals surface area (Å²) in [5.74, 6) is 3.04. The molecule has 0 aliphatic carbocycles. The van der Waals surface area contributed by atoms with Gasteiger partial charge in [-0.1, -0.05) is 35.9 Å². The van der Waals surface area contributed by atoms with Gasteiger partial charge in [-0.15, -0.1) is 0 Å². The lowest BCUT2D eigenvalue weighted by atomic mass is 9.78. The summed E-state index contributed by atoms with van der Waals surface area (Å²) in [5, 5.41) is 0.715. The van der Waals surface area contributed by atoms with Crippen LogP contribution in [-0.2, 0) is 11.3 Å². The Bertz CT molecular complexity index is 1700. The Morgan fingerprint density at radius 3 is 2.38 bits per heavy atom. The maximum atomic E-state index is 13.9. The van der Waals surface area contributed by atoms with Crippen molar-refractivity contribution in [3.63, 3.8) is 0 Å². The van der Waals surface area contributed by atoms with Crippen molar-refractivity contribution in [2.45, 2.75) is 38.6 Å². The smallest absolute Gasteiger partial charge is 0.254 e. The number of likely N-dealkylation sites (tertiary alicyclic amines) is 1. The number of benzene rings is 3. The molecule has 11 heteroatoms. The van der Waals surface area contributed by atoms with Crippen molar-refractivity contribution < 1.29 is 23.7 Å². The second-order valence-electron chi connectivity index (χ2n) is 13.1. The van der Waals surface area contributed by atoms with E-state index in [-0.39, 0.29) is 11.8 Å². The molecule has 3 heterocycles. The van der Waals surface area contributed by atoms with Gasteiger partial charge < -0.3 is 38.2 Å². The van der Waals surface area contributed by atoms with Gasteiger partial charge in [-0.2, -0.15) is 0 Å². The van der Waals surface area contributed by atoms with Crippen LogP contribution in [0.15, 0.2) is 60.7 Å². The lowest BCUT2D eigenvalue weighted by Gasteiger charge is -2.40. The fraction of sp³-hybridized carbons (Fsp3) is 0.487. The number of fused-ring (bicyclic) bond motifs is 1. The molecule has 2 aliphatic heterocycles. The van der Waals surface area contributed by atoms with Gasteiger partial charge in [0, 0.05) is 62.4 Å². The summed E-state index contributed by atoms with van der Waals surface area (Å²) in [5.41, 5.74) is 3.93. The van der Waals surface area contributed by atoms with Gasteiger partial charge in [0.2, 0.25) is 11.7 Å². The second kappa shape index (κ2) is 16.8. The van der Waals surface area contributed by atoms with Crippen LogP contribution < -0.4 is 19.1 Å². The molecule has 3 aromatic carbocycles. The lowest BCUT2D eigenvalue weighted by molar-refractivity contribution is 0.0645. The summed E-state index contributed by atoms with van der Waals surface area (Å²) < 4.78 is 24.6. The second-order valence-corrected chi connectivity index (χ2v) is 13.5. The number of piperidine rings is 1. The van der Waals surface area contributed by atoms with Crippen molar-refractivity contribution in [2.75, 3.05) is 85.3 Å². The quantitative estimate of drug-likeness (QED) is 0.144. The summed E-state index contributed by atoms with van der Waals surface area (Å²) in [6.45, 7) is 10.5. The van der Waals surface area contributed by atoms with Crippen LogP contribution in [0.4, 0.5) is 5.95 Å². The van der Waals surface area contributed by atoms with E-state index >= 15 is 0 Å². The van der Waals surface area contributed by atoms with Crippen LogP contribution in [0.2, 0.25) is 5.02 Å². The molecule has 2 aliphatic rings. The number of nitrogens with zero attached hydrogens (tertiary/aromatic N) is 5. The van der Waals surface area contributed by atoms with Gasteiger partial charge in [0.05, 0.1) is 39.0 Å². The van der Waals surface area contributed by atoms with Crippen molar-refractivity contribution >= 4 is 34.5 Å². The number of para-hydroxylation sites is 2. The largest absolute Gasteiger partial charge is 0.493 e. The molecule has 0 spiro atoms. The van der Waals surface area contributed by atoms with Gasteiger partial charge in [0.15, 0.2) is 11.5 Å². The molecular formula is C39H50ClN5O5. The average Bonchev–Trinajstić information content (AvgIpc) is 3.35. The molecule has 0 radical (unpaired) electrons. The highest BCUT2D eigenvalue weighted by Gasteiger charge is 2.34. The lowest BCUT2D eigenvalue weighted by Crippen LogP contribution is -2.43. The van der Waals surface area contributed by atoms with Crippen LogP contribution in [0.1, 0.15) is 48.0 Å². The summed E-state index contributed by atoms with van der Waals surface area (Å²) in [6, 6.07) is 20.0. The van der Waals surface area contributed by atoms with E-state index in [2.05, 4.69) is 50.8 Å². The van der Waals surface area contributed by atoms with E-state index in [0.717, 1.165) is 75.5 Å². The van der Waals surface area contributed by atoms with Crippen molar-refractivity contribution in [3.05, 3.63) is 76.8 Å². The molecule has 0 bridgehead atoms. The molecular weight excluding hydrogens is 654 g/mol. The summed E-state index contributed by atoms with van der Waals surface area (Å²) in [6.07, 6.45) is 3.07. The maximum Gasteiger partial charge on any atom is 0.254 e. The number of carbonyl (C=O) groups is 1. The van der Waals surface area contributed by atoms with E-state index in [4.69, 9.17) is 35.5 Å². The maximum absolute atomic E-state index is 13.9. The Labute approximate surface area is 300 Å². The Morgan fingerprint density at radius 1 is 0.900 bits per heavy atom. The Kier molecular flexibility index (Phi) is 12.0. The van der Waals surface area contributed by atoms with E-state index in [1.165, 1.54) is 5.56 Å². The van der Waals surface area contributed by atoms with Crippen LogP contribution in [0, 0.1) is 5.92 Å². The number of ether oxygens (including phenoxy) is 4.